The molecule has 3 N–H and O–H groups in total. The molecule has 0 aliphatic heterocycles. The predicted molar refractivity (Wildman–Crippen MR) is 222 cm³/mol. The maximum atomic E-state index is 12.4. The van der Waals surface area contributed by atoms with Gasteiger partial charge in [0, 0.05) is 12.8 Å². The van der Waals surface area contributed by atoms with Gasteiger partial charge >= 0.3 is 19.8 Å². The first-order valence-corrected chi connectivity index (χ1v) is 23.0. The molecular weight excluding hydrogens is 703 g/mol. The molecule has 0 aromatic heterocycles. The normalized spacial score (nSPS) is 13.5. The minimum atomic E-state index is -4.78. The minimum absolute atomic E-state index is 0.122. The molecule has 0 spiro atoms. The molecule has 0 saturated heterocycles. The van der Waals surface area contributed by atoms with E-state index in [-0.39, 0.29) is 25.6 Å². The molecule has 9 nitrogen and oxygen atoms in total. The van der Waals surface area contributed by atoms with Gasteiger partial charge in [-0.05, 0) is 51.4 Å². The van der Waals surface area contributed by atoms with E-state index in [4.69, 9.17) is 19.3 Å². The standard InChI is InChI=1S/C44H79O9P/c1-3-5-6-7-8-9-10-11-12-13-14-15-18-21-24-27-30-33-37-43(46)51-39-42(40-52-54(48,49)50)53-44(47)38-34-31-28-25-22-19-16-17-20-23-26-29-32-36-41(45)35-4-2/h16,19-20,23,25,28-29,32,41-42,45H,3-15,17-18,21-22,24,26-27,30-31,33-40H2,1-2H3,(H2,48,49,50)/b19-16-,23-20-,28-25-,32-29-/t41?,42-/m1/s1. The van der Waals surface area contributed by atoms with E-state index >= 15 is 0 Å². The van der Waals surface area contributed by atoms with Crippen molar-refractivity contribution in [1.82, 2.24) is 0 Å². The van der Waals surface area contributed by atoms with Crippen LogP contribution in [0.4, 0.5) is 0 Å². The van der Waals surface area contributed by atoms with Crippen LogP contribution < -0.4 is 0 Å². The lowest BCUT2D eigenvalue weighted by Crippen LogP contribution is -2.29. The Morgan fingerprint density at radius 1 is 0.556 bits per heavy atom. The molecule has 0 heterocycles. The average Bonchev–Trinajstić information content (AvgIpc) is 3.13. The van der Waals surface area contributed by atoms with Crippen LogP contribution in [0.3, 0.4) is 0 Å². The Kier molecular flexibility index (Phi) is 37.7. The zero-order valence-corrected chi connectivity index (χ0v) is 35.1. The van der Waals surface area contributed by atoms with Crippen LogP contribution in [0.5, 0.6) is 0 Å². The second-order valence-electron chi connectivity index (χ2n) is 14.5. The van der Waals surface area contributed by atoms with Gasteiger partial charge < -0.3 is 24.4 Å². The van der Waals surface area contributed by atoms with Crippen molar-refractivity contribution >= 4 is 19.8 Å². The first-order valence-electron chi connectivity index (χ1n) is 21.5. The highest BCUT2D eigenvalue weighted by molar-refractivity contribution is 7.46. The number of phosphoric acid groups is 1. The number of carbonyl (C=O) groups excluding carboxylic acids is 2. The van der Waals surface area contributed by atoms with Gasteiger partial charge in [-0.1, -0.05) is 178 Å². The molecule has 0 aromatic rings. The molecule has 0 bridgehead atoms. The molecule has 2 atom stereocenters. The van der Waals surface area contributed by atoms with Gasteiger partial charge in [0.25, 0.3) is 0 Å². The lowest BCUT2D eigenvalue weighted by Gasteiger charge is -2.18. The lowest BCUT2D eigenvalue weighted by molar-refractivity contribution is -0.161. The zero-order chi connectivity index (χ0) is 39.8. The predicted octanol–water partition coefficient (Wildman–Crippen LogP) is 12.1. The Morgan fingerprint density at radius 2 is 1.00 bits per heavy atom. The molecular formula is C44H79O9P. The van der Waals surface area contributed by atoms with Crippen molar-refractivity contribution in [2.75, 3.05) is 13.2 Å². The Balaban J connectivity index is 4.00. The molecule has 0 aliphatic carbocycles. The van der Waals surface area contributed by atoms with E-state index in [1.807, 2.05) is 18.2 Å². The minimum Gasteiger partial charge on any atom is -0.462 e. The Labute approximate surface area is 329 Å². The van der Waals surface area contributed by atoms with Crippen LogP contribution in [-0.4, -0.2) is 52.3 Å². The van der Waals surface area contributed by atoms with Gasteiger partial charge in [-0.25, -0.2) is 4.57 Å². The molecule has 0 amide bonds. The summed E-state index contributed by atoms with van der Waals surface area (Å²) in [5, 5.41) is 9.71. The van der Waals surface area contributed by atoms with Crippen molar-refractivity contribution in [2.45, 2.75) is 206 Å². The lowest BCUT2D eigenvalue weighted by atomic mass is 10.0. The first kappa shape index (κ1) is 52.0. The third-order valence-electron chi connectivity index (χ3n) is 9.16. The Bertz CT molecular complexity index is 1030. The number of aliphatic hydroxyl groups is 1. The molecule has 0 radical (unpaired) electrons. The number of hydrogen-bond acceptors (Lipinski definition) is 7. The molecule has 54 heavy (non-hydrogen) atoms. The molecule has 0 fully saturated rings. The van der Waals surface area contributed by atoms with E-state index in [2.05, 4.69) is 48.8 Å². The number of carbonyl (C=O) groups is 2. The van der Waals surface area contributed by atoms with E-state index in [1.165, 1.54) is 96.3 Å². The van der Waals surface area contributed by atoms with Crippen molar-refractivity contribution in [3.05, 3.63) is 48.6 Å². The van der Waals surface area contributed by atoms with Crippen LogP contribution >= 0.6 is 7.82 Å². The maximum absolute atomic E-state index is 12.4. The van der Waals surface area contributed by atoms with Crippen molar-refractivity contribution in [2.24, 2.45) is 0 Å². The van der Waals surface area contributed by atoms with Gasteiger partial charge in [-0.2, -0.15) is 0 Å². The highest BCUT2D eigenvalue weighted by Gasteiger charge is 2.22. The summed E-state index contributed by atoms with van der Waals surface area (Å²) in [4.78, 5) is 42.8. The topological polar surface area (TPSA) is 140 Å². The summed E-state index contributed by atoms with van der Waals surface area (Å²) in [6, 6.07) is 0. The van der Waals surface area contributed by atoms with Crippen LogP contribution in [0.25, 0.3) is 0 Å². The average molecular weight is 783 g/mol. The van der Waals surface area contributed by atoms with Gasteiger partial charge in [0.1, 0.15) is 6.61 Å². The zero-order valence-electron chi connectivity index (χ0n) is 34.2. The largest absolute Gasteiger partial charge is 0.469 e. The summed E-state index contributed by atoms with van der Waals surface area (Å²) in [6.45, 7) is 3.45. The molecule has 0 rings (SSSR count). The number of unbranched alkanes of at least 4 members (excludes halogenated alkanes) is 18. The summed E-state index contributed by atoms with van der Waals surface area (Å²) in [5.74, 6) is -0.966. The van der Waals surface area contributed by atoms with Gasteiger partial charge in [0.05, 0.1) is 12.7 Å². The van der Waals surface area contributed by atoms with Crippen LogP contribution in [0.2, 0.25) is 0 Å². The number of ether oxygens (including phenoxy) is 2. The monoisotopic (exact) mass is 783 g/mol. The number of aliphatic hydroxyl groups excluding tert-OH is 1. The smallest absolute Gasteiger partial charge is 0.462 e. The fraction of sp³-hybridized carbons (Fsp3) is 0.773. The van der Waals surface area contributed by atoms with Crippen molar-refractivity contribution < 1.29 is 43.0 Å². The van der Waals surface area contributed by atoms with Crippen LogP contribution in [-0.2, 0) is 28.2 Å². The van der Waals surface area contributed by atoms with Gasteiger partial charge in [-0.15, -0.1) is 0 Å². The summed E-state index contributed by atoms with van der Waals surface area (Å²) in [6.07, 6.45) is 44.7. The summed E-state index contributed by atoms with van der Waals surface area (Å²) in [5.41, 5.74) is 0. The first-order chi connectivity index (χ1) is 26.2. The maximum Gasteiger partial charge on any atom is 0.469 e. The van der Waals surface area contributed by atoms with Gasteiger partial charge in [0.15, 0.2) is 6.10 Å². The number of esters is 2. The summed E-state index contributed by atoms with van der Waals surface area (Å²) < 4.78 is 26.3. The van der Waals surface area contributed by atoms with Crippen LogP contribution in [0.15, 0.2) is 48.6 Å². The SMILES string of the molecule is CCCCCCCCCCCCCCCCCCCCC(=O)OC[C@H](COP(=O)(O)O)OC(=O)CCC/C=C\C/C=C\C/C=C\C/C=C\CC(O)CCC. The van der Waals surface area contributed by atoms with E-state index in [0.717, 1.165) is 44.9 Å². The molecule has 314 valence electrons. The second-order valence-corrected chi connectivity index (χ2v) is 15.7. The number of allylic oxidation sites excluding steroid dienone is 7. The van der Waals surface area contributed by atoms with Crippen molar-refractivity contribution in [1.29, 1.82) is 0 Å². The van der Waals surface area contributed by atoms with E-state index < -0.39 is 32.5 Å². The Hall–Kier alpha value is -2.03. The van der Waals surface area contributed by atoms with E-state index in [1.54, 1.807) is 0 Å². The third-order valence-corrected chi connectivity index (χ3v) is 9.64. The fourth-order valence-electron chi connectivity index (χ4n) is 5.97. The second kappa shape index (κ2) is 39.2. The molecule has 0 saturated carbocycles. The quantitative estimate of drug-likeness (QED) is 0.0240. The number of rotatable bonds is 39. The van der Waals surface area contributed by atoms with E-state index in [0.29, 0.717) is 25.7 Å². The molecule has 0 aliphatic rings. The fourth-order valence-corrected chi connectivity index (χ4v) is 6.33. The van der Waals surface area contributed by atoms with Gasteiger partial charge in [0.2, 0.25) is 0 Å². The van der Waals surface area contributed by atoms with Crippen LogP contribution in [0.1, 0.15) is 194 Å². The van der Waals surface area contributed by atoms with Gasteiger partial charge in [-0.3, -0.25) is 14.1 Å². The molecule has 10 heteroatoms. The highest BCUT2D eigenvalue weighted by Crippen LogP contribution is 2.36. The summed E-state index contributed by atoms with van der Waals surface area (Å²) in [7, 11) is -4.78. The van der Waals surface area contributed by atoms with E-state index in [9.17, 15) is 19.3 Å². The summed E-state index contributed by atoms with van der Waals surface area (Å²) >= 11 is 0. The van der Waals surface area contributed by atoms with Crippen molar-refractivity contribution in [3.8, 4) is 0 Å². The molecule has 1 unspecified atom stereocenters. The number of phosphoric ester groups is 1. The van der Waals surface area contributed by atoms with Crippen LogP contribution in [0, 0.1) is 0 Å². The van der Waals surface area contributed by atoms with Crippen molar-refractivity contribution in [3.63, 3.8) is 0 Å². The highest BCUT2D eigenvalue weighted by atomic mass is 31.2. The Morgan fingerprint density at radius 3 is 1.48 bits per heavy atom. The number of hydrogen-bond donors (Lipinski definition) is 3. The molecule has 0 aromatic carbocycles. The third kappa shape index (κ3) is 41.1.